The summed E-state index contributed by atoms with van der Waals surface area (Å²) in [5.41, 5.74) is -0.408. The zero-order chi connectivity index (χ0) is 16.2. The van der Waals surface area contributed by atoms with Crippen LogP contribution in [0.4, 0.5) is 0 Å². The molecule has 0 saturated heterocycles. The number of carbonyl (C=O) groups excluding carboxylic acids is 1. The molecular formula is C18H18N2O2. The highest BCUT2D eigenvalue weighted by Gasteiger charge is 2.47. The number of benzene rings is 1. The van der Waals surface area contributed by atoms with E-state index < -0.39 is 10.8 Å². The maximum absolute atomic E-state index is 12.5. The van der Waals surface area contributed by atoms with Crippen LogP contribution in [0.1, 0.15) is 31.2 Å². The maximum atomic E-state index is 12.5. The Morgan fingerprint density at radius 1 is 1.18 bits per heavy atom. The summed E-state index contributed by atoms with van der Waals surface area (Å²) in [5, 5.41) is 18.8. The molecule has 1 unspecified atom stereocenters. The zero-order valence-electron chi connectivity index (χ0n) is 12.6. The van der Waals surface area contributed by atoms with Crippen LogP contribution in [0.15, 0.2) is 42.5 Å². The first-order valence-electron chi connectivity index (χ1n) is 7.15. The van der Waals surface area contributed by atoms with Crippen molar-refractivity contribution >= 4 is 5.97 Å². The van der Waals surface area contributed by atoms with Gasteiger partial charge in [0.25, 0.3) is 0 Å². The average molecular weight is 294 g/mol. The lowest BCUT2D eigenvalue weighted by Gasteiger charge is -2.30. The van der Waals surface area contributed by atoms with Gasteiger partial charge in [0, 0.05) is 0 Å². The van der Waals surface area contributed by atoms with Crippen molar-refractivity contribution < 1.29 is 9.53 Å². The first kappa shape index (κ1) is 15.8. The van der Waals surface area contributed by atoms with Gasteiger partial charge in [0.2, 0.25) is 0 Å². The van der Waals surface area contributed by atoms with Gasteiger partial charge in [0.05, 0.1) is 24.7 Å². The van der Waals surface area contributed by atoms with Crippen LogP contribution < -0.4 is 0 Å². The van der Waals surface area contributed by atoms with Crippen molar-refractivity contribution in [3.05, 3.63) is 48.0 Å². The second-order valence-corrected chi connectivity index (χ2v) is 5.85. The third kappa shape index (κ3) is 2.61. The quantitative estimate of drug-likeness (QED) is 0.476. The largest absolute Gasteiger partial charge is 0.468 e. The Balaban J connectivity index is 2.53. The van der Waals surface area contributed by atoms with Crippen molar-refractivity contribution in [1.29, 1.82) is 10.5 Å². The summed E-state index contributed by atoms with van der Waals surface area (Å²) >= 11 is 0. The molecule has 1 aliphatic carbocycles. The van der Waals surface area contributed by atoms with Gasteiger partial charge in [-0.15, -0.1) is 0 Å². The van der Waals surface area contributed by atoms with Crippen LogP contribution in [0.2, 0.25) is 0 Å². The molecule has 0 N–H and O–H groups in total. The molecule has 4 nitrogen and oxygen atoms in total. The number of methoxy groups -OCH3 is 1. The molecule has 0 heterocycles. The molecule has 1 aromatic carbocycles. The van der Waals surface area contributed by atoms with Gasteiger partial charge >= 0.3 is 5.97 Å². The Labute approximate surface area is 130 Å². The number of esters is 1. The van der Waals surface area contributed by atoms with E-state index in [0.29, 0.717) is 25.7 Å². The van der Waals surface area contributed by atoms with Gasteiger partial charge < -0.3 is 4.74 Å². The lowest BCUT2D eigenvalue weighted by atomic mass is 9.73. The van der Waals surface area contributed by atoms with E-state index in [0.717, 1.165) is 11.1 Å². The molecule has 0 amide bonds. The van der Waals surface area contributed by atoms with Crippen molar-refractivity contribution in [2.75, 3.05) is 7.11 Å². The Bertz CT molecular complexity index is 653. The molecule has 22 heavy (non-hydrogen) atoms. The minimum Gasteiger partial charge on any atom is -0.468 e. The molecule has 112 valence electrons. The number of rotatable bonds is 2. The second-order valence-electron chi connectivity index (χ2n) is 5.85. The summed E-state index contributed by atoms with van der Waals surface area (Å²) in [6.45, 7) is 3.99. The number of nitriles is 2. The first-order chi connectivity index (χ1) is 10.5. The van der Waals surface area contributed by atoms with Crippen LogP contribution in [0.5, 0.6) is 0 Å². The van der Waals surface area contributed by atoms with E-state index in [1.54, 1.807) is 0 Å². The van der Waals surface area contributed by atoms with Crippen molar-refractivity contribution in [2.45, 2.75) is 31.1 Å². The van der Waals surface area contributed by atoms with Crippen molar-refractivity contribution in [2.24, 2.45) is 5.41 Å². The first-order valence-corrected chi connectivity index (χ1v) is 7.15. The molecule has 2 rings (SSSR count). The summed E-state index contributed by atoms with van der Waals surface area (Å²) in [6, 6.07) is 13.6. The van der Waals surface area contributed by atoms with Crippen molar-refractivity contribution in [1.82, 2.24) is 0 Å². The van der Waals surface area contributed by atoms with Gasteiger partial charge in [-0.25, -0.2) is 0 Å². The number of nitrogens with zero attached hydrogens (tertiary/aromatic N) is 2. The van der Waals surface area contributed by atoms with Crippen LogP contribution >= 0.6 is 0 Å². The van der Waals surface area contributed by atoms with Crippen LogP contribution in [0.25, 0.3) is 0 Å². The van der Waals surface area contributed by atoms with E-state index in [4.69, 9.17) is 4.74 Å². The third-order valence-corrected chi connectivity index (χ3v) is 4.41. The van der Waals surface area contributed by atoms with E-state index >= 15 is 0 Å². The predicted molar refractivity (Wildman–Crippen MR) is 81.4 cm³/mol. The molecule has 4 heteroatoms. The Morgan fingerprint density at radius 2 is 1.82 bits per heavy atom. The molecule has 1 aliphatic rings. The van der Waals surface area contributed by atoms with Crippen LogP contribution in [0, 0.1) is 28.1 Å². The predicted octanol–water partition coefficient (Wildman–Crippen LogP) is 3.26. The maximum Gasteiger partial charge on any atom is 0.316 e. The molecule has 0 aliphatic heterocycles. The molecule has 0 bridgehead atoms. The molecule has 1 fully saturated rings. The zero-order valence-corrected chi connectivity index (χ0v) is 12.6. The minimum absolute atomic E-state index is 0.297. The minimum atomic E-state index is -1.11. The second kappa shape index (κ2) is 6.03. The summed E-state index contributed by atoms with van der Waals surface area (Å²) in [5.74, 6) is -0.341. The van der Waals surface area contributed by atoms with Crippen LogP contribution in [-0.4, -0.2) is 13.1 Å². The van der Waals surface area contributed by atoms with Crippen LogP contribution in [0.3, 0.4) is 0 Å². The smallest absolute Gasteiger partial charge is 0.316 e. The fourth-order valence-corrected chi connectivity index (χ4v) is 3.23. The molecule has 1 atom stereocenters. The number of ether oxygens (including phenoxy) is 1. The van der Waals surface area contributed by atoms with Crippen molar-refractivity contribution in [3.63, 3.8) is 0 Å². The number of allylic oxidation sites excluding steroid dienone is 1. The van der Waals surface area contributed by atoms with E-state index in [2.05, 4.69) is 18.7 Å². The highest BCUT2D eigenvalue weighted by molar-refractivity contribution is 5.83. The topological polar surface area (TPSA) is 73.9 Å². The SMILES string of the molecule is C=C1CC(C#N)(C#N)CCC(C(=O)OC)(c2ccccc2)C1. The van der Waals surface area contributed by atoms with Gasteiger partial charge in [0.1, 0.15) is 5.41 Å². The van der Waals surface area contributed by atoms with Gasteiger partial charge in [-0.3, -0.25) is 4.79 Å². The summed E-state index contributed by atoms with van der Waals surface area (Å²) in [6.07, 6.45) is 1.41. The Morgan fingerprint density at radius 3 is 2.36 bits per heavy atom. The van der Waals surface area contributed by atoms with Gasteiger partial charge in [-0.1, -0.05) is 42.5 Å². The highest BCUT2D eigenvalue weighted by atomic mass is 16.5. The van der Waals surface area contributed by atoms with Gasteiger partial charge in [-0.2, -0.15) is 10.5 Å². The lowest BCUT2D eigenvalue weighted by molar-refractivity contribution is -0.148. The van der Waals surface area contributed by atoms with E-state index in [9.17, 15) is 15.3 Å². The molecule has 0 radical (unpaired) electrons. The van der Waals surface area contributed by atoms with Crippen molar-refractivity contribution in [3.8, 4) is 12.1 Å². The molecule has 0 aromatic heterocycles. The average Bonchev–Trinajstić information content (AvgIpc) is 2.72. The highest BCUT2D eigenvalue weighted by Crippen LogP contribution is 2.46. The normalized spacial score (nSPS) is 23.7. The van der Waals surface area contributed by atoms with E-state index in [1.807, 2.05) is 30.3 Å². The summed E-state index contributed by atoms with van der Waals surface area (Å²) in [4.78, 5) is 12.5. The fourth-order valence-electron chi connectivity index (χ4n) is 3.23. The third-order valence-electron chi connectivity index (χ3n) is 4.41. The Kier molecular flexibility index (Phi) is 4.33. The van der Waals surface area contributed by atoms with Gasteiger partial charge in [0.15, 0.2) is 0 Å². The Hall–Kier alpha value is -2.59. The summed E-state index contributed by atoms with van der Waals surface area (Å²) < 4.78 is 5.04. The summed E-state index contributed by atoms with van der Waals surface area (Å²) in [7, 11) is 1.36. The fraction of sp³-hybridized carbons (Fsp3) is 0.389. The molecule has 1 saturated carbocycles. The molecular weight excluding hydrogens is 276 g/mol. The van der Waals surface area contributed by atoms with E-state index in [-0.39, 0.29) is 5.97 Å². The number of hydrogen-bond donors (Lipinski definition) is 0. The van der Waals surface area contributed by atoms with E-state index in [1.165, 1.54) is 7.11 Å². The standard InChI is InChI=1S/C18H18N2O2/c1-14-10-17(12-19,13-20)8-9-18(11-14,16(21)22-2)15-6-4-3-5-7-15/h3-7H,1,8-11H2,2H3. The lowest BCUT2D eigenvalue weighted by Crippen LogP contribution is -2.37. The van der Waals surface area contributed by atoms with Gasteiger partial charge in [-0.05, 0) is 31.2 Å². The van der Waals surface area contributed by atoms with Crippen LogP contribution in [-0.2, 0) is 14.9 Å². The molecule has 1 aromatic rings. The number of carbonyl (C=O) groups is 1. The monoisotopic (exact) mass is 294 g/mol. The number of hydrogen-bond acceptors (Lipinski definition) is 4. The molecule has 0 spiro atoms.